The molecule has 3 aromatic rings. The van der Waals surface area contributed by atoms with Crippen molar-refractivity contribution in [2.45, 2.75) is 0 Å². The molecule has 3 aromatic carbocycles. The van der Waals surface area contributed by atoms with Gasteiger partial charge < -0.3 is 21.1 Å². The fourth-order valence-corrected chi connectivity index (χ4v) is 2.47. The Labute approximate surface area is 130 Å². The fourth-order valence-electron chi connectivity index (χ4n) is 2.43. The van der Waals surface area contributed by atoms with Crippen LogP contribution in [0.3, 0.4) is 0 Å². The number of fused-ring (bicyclic) bond motifs is 2. The number of azo groups is 1. The van der Waals surface area contributed by atoms with Crippen molar-refractivity contribution in [3.05, 3.63) is 36.4 Å². The average molecular weight is 313 g/mol. The number of phenolic OH excluding ortho intramolecular Hbond substituents is 3. The first-order valence-electron chi connectivity index (χ1n) is 6.30. The molecule has 0 radical (unpaired) electrons. The van der Waals surface area contributed by atoms with Crippen molar-refractivity contribution in [2.24, 2.45) is 16.0 Å². The number of hydrogen-bond acceptors (Lipinski definition) is 5. The summed E-state index contributed by atoms with van der Waals surface area (Å²) >= 11 is 4.68. The lowest BCUT2D eigenvalue weighted by Crippen LogP contribution is -2.01. The van der Waals surface area contributed by atoms with Gasteiger partial charge in [-0.1, -0.05) is 24.3 Å². The molecule has 0 aliphatic heterocycles. The van der Waals surface area contributed by atoms with E-state index in [0.29, 0.717) is 10.8 Å². The van der Waals surface area contributed by atoms with Crippen LogP contribution >= 0.6 is 12.2 Å². The van der Waals surface area contributed by atoms with Gasteiger partial charge in [0.1, 0.15) is 22.9 Å². The van der Waals surface area contributed by atoms with Gasteiger partial charge in [0.05, 0.1) is 10.8 Å². The molecule has 0 aromatic heterocycles. The minimum atomic E-state index is -0.178. The van der Waals surface area contributed by atoms with Crippen LogP contribution in [0.25, 0.3) is 21.5 Å². The van der Waals surface area contributed by atoms with E-state index < -0.39 is 0 Å². The van der Waals surface area contributed by atoms with Gasteiger partial charge in [0.15, 0.2) is 0 Å². The van der Waals surface area contributed by atoms with Crippen LogP contribution in [0.15, 0.2) is 46.6 Å². The Bertz CT molecular complexity index is 954. The van der Waals surface area contributed by atoms with Gasteiger partial charge in [0, 0.05) is 10.8 Å². The molecule has 6 nitrogen and oxygen atoms in total. The van der Waals surface area contributed by atoms with Crippen LogP contribution in [0.4, 0.5) is 5.69 Å². The first-order chi connectivity index (χ1) is 10.5. The van der Waals surface area contributed by atoms with Crippen LogP contribution in [0, 0.1) is 0 Å². The molecule has 0 heterocycles. The van der Waals surface area contributed by atoms with Crippen molar-refractivity contribution >= 4 is 44.6 Å². The Balaban J connectivity index is 2.60. The second-order valence-corrected chi connectivity index (χ2v) is 5.05. The largest absolute Gasteiger partial charge is 0.507 e. The number of phenols is 3. The minimum absolute atomic E-state index is 0.0931. The molecule has 0 spiro atoms. The smallest absolute Gasteiger partial charge is 0.211 e. The summed E-state index contributed by atoms with van der Waals surface area (Å²) in [7, 11) is 0. The molecule has 7 heteroatoms. The zero-order chi connectivity index (χ0) is 15.9. The van der Waals surface area contributed by atoms with Gasteiger partial charge >= 0.3 is 0 Å². The highest BCUT2D eigenvalue weighted by Gasteiger charge is 2.18. The maximum atomic E-state index is 10.4. The zero-order valence-electron chi connectivity index (χ0n) is 11.2. The standard InChI is InChI=1S/C15H11N3O3S/c16-15(22)18-17-13-7-3-1-2-4-8(7)14(21)12-10(20)6-5-9(19)11(12)13/h1-6,19-21H,(H2,16,22). The highest BCUT2D eigenvalue weighted by Crippen LogP contribution is 2.48. The molecule has 0 unspecified atom stereocenters. The second kappa shape index (κ2) is 5.12. The molecule has 110 valence electrons. The topological polar surface area (TPSA) is 111 Å². The van der Waals surface area contributed by atoms with Gasteiger partial charge in [-0.3, -0.25) is 0 Å². The quantitative estimate of drug-likeness (QED) is 0.238. The zero-order valence-corrected chi connectivity index (χ0v) is 12.0. The van der Waals surface area contributed by atoms with E-state index in [2.05, 4.69) is 22.4 Å². The predicted octanol–water partition coefficient (Wildman–Crippen LogP) is 3.44. The third-order valence-electron chi connectivity index (χ3n) is 3.32. The van der Waals surface area contributed by atoms with Gasteiger partial charge in [0.2, 0.25) is 5.11 Å². The summed E-state index contributed by atoms with van der Waals surface area (Å²) in [5, 5.41) is 39.4. The van der Waals surface area contributed by atoms with E-state index in [0.717, 1.165) is 0 Å². The van der Waals surface area contributed by atoms with Crippen LogP contribution in [0.5, 0.6) is 17.2 Å². The third-order valence-corrected chi connectivity index (χ3v) is 3.40. The summed E-state index contributed by atoms with van der Waals surface area (Å²) < 4.78 is 0. The Morgan fingerprint density at radius 2 is 1.50 bits per heavy atom. The van der Waals surface area contributed by atoms with E-state index in [1.165, 1.54) is 12.1 Å². The van der Waals surface area contributed by atoms with Crippen molar-refractivity contribution < 1.29 is 15.3 Å². The number of benzene rings is 3. The maximum absolute atomic E-state index is 10.4. The minimum Gasteiger partial charge on any atom is -0.507 e. The summed E-state index contributed by atoms with van der Waals surface area (Å²) in [5.74, 6) is -0.471. The number of hydrogen-bond donors (Lipinski definition) is 4. The molecule has 0 fully saturated rings. The van der Waals surface area contributed by atoms with Crippen molar-refractivity contribution in [3.63, 3.8) is 0 Å². The molecular weight excluding hydrogens is 302 g/mol. The lowest BCUT2D eigenvalue weighted by Gasteiger charge is -2.12. The molecule has 22 heavy (non-hydrogen) atoms. The van der Waals surface area contributed by atoms with Crippen molar-refractivity contribution in [3.8, 4) is 17.2 Å². The van der Waals surface area contributed by atoms with Gasteiger partial charge in [-0.25, -0.2) is 0 Å². The van der Waals surface area contributed by atoms with Crippen LogP contribution in [-0.2, 0) is 0 Å². The third kappa shape index (κ3) is 2.08. The lowest BCUT2D eigenvalue weighted by atomic mass is 9.98. The van der Waals surface area contributed by atoms with Crippen LogP contribution in [0.1, 0.15) is 0 Å². The summed E-state index contributed by atoms with van der Waals surface area (Å²) in [6.45, 7) is 0. The van der Waals surface area contributed by atoms with E-state index in [-0.39, 0.29) is 38.8 Å². The molecule has 0 saturated carbocycles. The van der Waals surface area contributed by atoms with E-state index >= 15 is 0 Å². The predicted molar refractivity (Wildman–Crippen MR) is 87.7 cm³/mol. The molecule has 0 aliphatic carbocycles. The summed E-state index contributed by atoms with van der Waals surface area (Å²) in [6, 6.07) is 9.49. The molecule has 0 aliphatic rings. The van der Waals surface area contributed by atoms with Crippen molar-refractivity contribution in [1.82, 2.24) is 0 Å². The Morgan fingerprint density at radius 3 is 2.14 bits per heavy atom. The first kappa shape index (κ1) is 14.0. The average Bonchev–Trinajstić information content (AvgIpc) is 2.50. The normalized spacial score (nSPS) is 11.5. The summed E-state index contributed by atoms with van der Waals surface area (Å²) in [4.78, 5) is 0. The van der Waals surface area contributed by atoms with Crippen LogP contribution < -0.4 is 5.73 Å². The molecule has 0 amide bonds. The number of thiocarbonyl (C=S) groups is 1. The van der Waals surface area contributed by atoms with E-state index in [1.54, 1.807) is 24.3 Å². The second-order valence-electron chi connectivity index (χ2n) is 4.63. The SMILES string of the molecule is NC(=S)N=Nc1c2ccccc2c(O)c2c(O)ccc(O)c12. The van der Waals surface area contributed by atoms with E-state index in [1.807, 2.05) is 0 Å². The molecule has 0 bridgehead atoms. The monoisotopic (exact) mass is 313 g/mol. The Kier molecular flexibility index (Phi) is 3.26. The number of nitrogens with two attached hydrogens (primary N) is 1. The molecule has 0 saturated heterocycles. The highest BCUT2D eigenvalue weighted by molar-refractivity contribution is 7.80. The van der Waals surface area contributed by atoms with E-state index in [9.17, 15) is 15.3 Å². The number of aromatic hydroxyl groups is 3. The molecule has 5 N–H and O–H groups in total. The van der Waals surface area contributed by atoms with Gasteiger partial charge in [-0.05, 0) is 24.4 Å². The van der Waals surface area contributed by atoms with Crippen molar-refractivity contribution in [1.29, 1.82) is 0 Å². The molecular formula is C15H11N3O3S. The van der Waals surface area contributed by atoms with Gasteiger partial charge in [-0.2, -0.15) is 0 Å². The number of nitrogens with zero attached hydrogens (tertiary/aromatic N) is 2. The lowest BCUT2D eigenvalue weighted by molar-refractivity contribution is 0.460. The van der Waals surface area contributed by atoms with Crippen molar-refractivity contribution in [2.75, 3.05) is 0 Å². The van der Waals surface area contributed by atoms with E-state index in [4.69, 9.17) is 5.73 Å². The number of rotatable bonds is 1. The maximum Gasteiger partial charge on any atom is 0.211 e. The highest BCUT2D eigenvalue weighted by atomic mass is 32.1. The van der Waals surface area contributed by atoms with Gasteiger partial charge in [0.25, 0.3) is 0 Å². The fraction of sp³-hybridized carbons (Fsp3) is 0. The summed E-state index contributed by atoms with van der Waals surface area (Å²) in [6.07, 6.45) is 0. The molecule has 3 rings (SSSR count). The van der Waals surface area contributed by atoms with Crippen LogP contribution in [0.2, 0.25) is 0 Å². The Hall–Kier alpha value is -2.93. The van der Waals surface area contributed by atoms with Gasteiger partial charge in [-0.15, -0.1) is 10.2 Å². The Morgan fingerprint density at radius 1 is 0.909 bits per heavy atom. The summed E-state index contributed by atoms with van der Waals surface area (Å²) in [5.41, 5.74) is 5.60. The van der Waals surface area contributed by atoms with Crippen LogP contribution in [-0.4, -0.2) is 20.4 Å². The first-order valence-corrected chi connectivity index (χ1v) is 6.71. The molecule has 0 atom stereocenters.